The highest BCUT2D eigenvalue weighted by Crippen LogP contribution is 2.32. The molecule has 1 aliphatic rings. The molecule has 1 N–H and O–H groups in total. The van der Waals surface area contributed by atoms with Gasteiger partial charge in [-0.05, 0) is 23.8 Å². The van der Waals surface area contributed by atoms with E-state index in [2.05, 4.69) is 34.5 Å². The zero-order valence-electron chi connectivity index (χ0n) is 15.1. The number of benzene rings is 2. The van der Waals surface area contributed by atoms with Crippen LogP contribution in [-0.4, -0.2) is 45.9 Å². The summed E-state index contributed by atoms with van der Waals surface area (Å²) in [6, 6.07) is 14.6. The maximum atomic E-state index is 5.58. The van der Waals surface area contributed by atoms with E-state index >= 15 is 0 Å². The van der Waals surface area contributed by atoms with Gasteiger partial charge in [0.2, 0.25) is 0 Å². The summed E-state index contributed by atoms with van der Waals surface area (Å²) in [5, 5.41) is 3.50. The van der Waals surface area contributed by atoms with Crippen LogP contribution in [-0.2, 0) is 6.54 Å². The standard InChI is InChI=1S/C20H26N2O3/c1-23-16-10-15(11-17(12-16)24-2)14-22-9-8-21-13-19(22)18-6-4-5-7-20(18)25-3/h4-7,10-12,19,21H,8-9,13-14H2,1-3H3. The van der Waals surface area contributed by atoms with Crippen molar-refractivity contribution in [3.05, 3.63) is 53.6 Å². The van der Waals surface area contributed by atoms with Gasteiger partial charge in [0.1, 0.15) is 17.2 Å². The average Bonchev–Trinajstić information content (AvgIpc) is 2.68. The maximum Gasteiger partial charge on any atom is 0.123 e. The molecule has 2 aromatic carbocycles. The topological polar surface area (TPSA) is 43.0 Å². The van der Waals surface area contributed by atoms with Gasteiger partial charge in [-0.25, -0.2) is 0 Å². The molecule has 0 amide bonds. The molecule has 1 unspecified atom stereocenters. The Kier molecular flexibility index (Phi) is 5.79. The lowest BCUT2D eigenvalue weighted by Crippen LogP contribution is -2.45. The molecule has 0 aromatic heterocycles. The van der Waals surface area contributed by atoms with Crippen LogP contribution in [0.4, 0.5) is 0 Å². The molecule has 0 spiro atoms. The monoisotopic (exact) mass is 342 g/mol. The third kappa shape index (κ3) is 4.06. The molecule has 1 saturated heterocycles. The largest absolute Gasteiger partial charge is 0.497 e. The Morgan fingerprint density at radius 3 is 2.40 bits per heavy atom. The number of hydrogen-bond acceptors (Lipinski definition) is 5. The minimum absolute atomic E-state index is 0.266. The molecule has 3 rings (SSSR count). The van der Waals surface area contributed by atoms with Crippen molar-refractivity contribution >= 4 is 0 Å². The summed E-state index contributed by atoms with van der Waals surface area (Å²) in [6.45, 7) is 3.69. The highest BCUT2D eigenvalue weighted by Gasteiger charge is 2.26. The number of ether oxygens (including phenoxy) is 3. The SMILES string of the molecule is COc1cc(CN2CCNCC2c2ccccc2OC)cc(OC)c1. The lowest BCUT2D eigenvalue weighted by Gasteiger charge is -2.37. The highest BCUT2D eigenvalue weighted by molar-refractivity contribution is 5.39. The number of hydrogen-bond donors (Lipinski definition) is 1. The van der Waals surface area contributed by atoms with Crippen molar-refractivity contribution in [1.29, 1.82) is 0 Å². The summed E-state index contributed by atoms with van der Waals surface area (Å²) in [5.74, 6) is 2.57. The van der Waals surface area contributed by atoms with Gasteiger partial charge in [0.05, 0.1) is 27.4 Å². The first kappa shape index (κ1) is 17.6. The molecule has 25 heavy (non-hydrogen) atoms. The zero-order chi connectivity index (χ0) is 17.6. The molecular formula is C20H26N2O3. The van der Waals surface area contributed by atoms with Crippen LogP contribution in [0.25, 0.3) is 0 Å². The third-order valence-electron chi connectivity index (χ3n) is 4.65. The molecule has 5 heteroatoms. The lowest BCUT2D eigenvalue weighted by atomic mass is 10.0. The van der Waals surface area contributed by atoms with Gasteiger partial charge in [-0.2, -0.15) is 0 Å². The molecule has 1 fully saturated rings. The van der Waals surface area contributed by atoms with E-state index in [1.807, 2.05) is 18.2 Å². The van der Waals surface area contributed by atoms with Crippen molar-refractivity contribution in [1.82, 2.24) is 10.2 Å². The predicted molar refractivity (Wildman–Crippen MR) is 98.6 cm³/mol. The van der Waals surface area contributed by atoms with E-state index in [1.54, 1.807) is 21.3 Å². The van der Waals surface area contributed by atoms with E-state index in [-0.39, 0.29) is 6.04 Å². The lowest BCUT2D eigenvalue weighted by molar-refractivity contribution is 0.151. The second kappa shape index (κ2) is 8.23. The quantitative estimate of drug-likeness (QED) is 0.874. The summed E-state index contributed by atoms with van der Waals surface area (Å²) in [7, 11) is 5.09. The van der Waals surface area contributed by atoms with E-state index in [1.165, 1.54) is 11.1 Å². The van der Waals surface area contributed by atoms with E-state index < -0.39 is 0 Å². The minimum atomic E-state index is 0.266. The molecule has 1 atom stereocenters. The van der Waals surface area contributed by atoms with Crippen LogP contribution in [0.1, 0.15) is 17.2 Å². The molecule has 0 bridgehead atoms. The van der Waals surface area contributed by atoms with Crippen LogP contribution in [0.2, 0.25) is 0 Å². The molecule has 134 valence electrons. The van der Waals surface area contributed by atoms with Crippen molar-refractivity contribution in [3.63, 3.8) is 0 Å². The summed E-state index contributed by atoms with van der Waals surface area (Å²) >= 11 is 0. The Hall–Kier alpha value is -2.24. The number of piperazine rings is 1. The first-order chi connectivity index (χ1) is 12.2. The fourth-order valence-electron chi connectivity index (χ4n) is 3.38. The molecule has 5 nitrogen and oxygen atoms in total. The first-order valence-corrected chi connectivity index (χ1v) is 8.54. The van der Waals surface area contributed by atoms with Crippen molar-refractivity contribution < 1.29 is 14.2 Å². The Morgan fingerprint density at radius 1 is 1.00 bits per heavy atom. The van der Waals surface area contributed by atoms with Gasteiger partial charge >= 0.3 is 0 Å². The van der Waals surface area contributed by atoms with Crippen molar-refractivity contribution in [2.45, 2.75) is 12.6 Å². The van der Waals surface area contributed by atoms with Crippen LogP contribution in [0, 0.1) is 0 Å². The van der Waals surface area contributed by atoms with Crippen LogP contribution in [0.3, 0.4) is 0 Å². The fraction of sp³-hybridized carbons (Fsp3) is 0.400. The van der Waals surface area contributed by atoms with Crippen molar-refractivity contribution in [2.24, 2.45) is 0 Å². The van der Waals surface area contributed by atoms with Crippen LogP contribution >= 0.6 is 0 Å². The summed E-state index contributed by atoms with van der Waals surface area (Å²) in [5.41, 5.74) is 2.39. The summed E-state index contributed by atoms with van der Waals surface area (Å²) < 4.78 is 16.4. The summed E-state index contributed by atoms with van der Waals surface area (Å²) in [4.78, 5) is 2.47. The first-order valence-electron chi connectivity index (χ1n) is 8.54. The number of methoxy groups -OCH3 is 3. The Bertz CT molecular complexity index is 683. The van der Waals surface area contributed by atoms with Crippen LogP contribution in [0.15, 0.2) is 42.5 Å². The second-order valence-electron chi connectivity index (χ2n) is 6.15. The molecular weight excluding hydrogens is 316 g/mol. The third-order valence-corrected chi connectivity index (χ3v) is 4.65. The number of nitrogens with zero attached hydrogens (tertiary/aromatic N) is 1. The van der Waals surface area contributed by atoms with E-state index in [4.69, 9.17) is 14.2 Å². The van der Waals surface area contributed by atoms with Gasteiger partial charge in [-0.3, -0.25) is 4.90 Å². The molecule has 0 radical (unpaired) electrons. The smallest absolute Gasteiger partial charge is 0.123 e. The molecule has 1 heterocycles. The van der Waals surface area contributed by atoms with E-state index in [0.717, 1.165) is 43.4 Å². The molecule has 0 saturated carbocycles. The van der Waals surface area contributed by atoms with Gasteiger partial charge in [-0.15, -0.1) is 0 Å². The highest BCUT2D eigenvalue weighted by atomic mass is 16.5. The summed E-state index contributed by atoms with van der Waals surface area (Å²) in [6.07, 6.45) is 0. The van der Waals surface area contributed by atoms with E-state index in [0.29, 0.717) is 0 Å². The Morgan fingerprint density at radius 2 is 1.72 bits per heavy atom. The molecule has 2 aromatic rings. The molecule has 1 aliphatic heterocycles. The Labute approximate surface area is 149 Å². The minimum Gasteiger partial charge on any atom is -0.497 e. The van der Waals surface area contributed by atoms with Gasteiger partial charge in [0.15, 0.2) is 0 Å². The zero-order valence-corrected chi connectivity index (χ0v) is 15.1. The second-order valence-corrected chi connectivity index (χ2v) is 6.15. The fourth-order valence-corrected chi connectivity index (χ4v) is 3.38. The van der Waals surface area contributed by atoms with Gasteiger partial charge in [0.25, 0.3) is 0 Å². The van der Waals surface area contributed by atoms with Gasteiger partial charge in [0, 0.05) is 37.8 Å². The van der Waals surface area contributed by atoms with Crippen molar-refractivity contribution in [3.8, 4) is 17.2 Å². The molecule has 0 aliphatic carbocycles. The number of para-hydroxylation sites is 1. The normalized spacial score (nSPS) is 18.0. The number of rotatable bonds is 6. The predicted octanol–water partition coefficient (Wildman–Crippen LogP) is 2.86. The van der Waals surface area contributed by atoms with Crippen LogP contribution < -0.4 is 19.5 Å². The number of nitrogens with one attached hydrogen (secondary N) is 1. The maximum absolute atomic E-state index is 5.58. The Balaban J connectivity index is 1.87. The average molecular weight is 342 g/mol. The van der Waals surface area contributed by atoms with Crippen LogP contribution in [0.5, 0.6) is 17.2 Å². The van der Waals surface area contributed by atoms with Gasteiger partial charge < -0.3 is 19.5 Å². The van der Waals surface area contributed by atoms with Crippen molar-refractivity contribution in [2.75, 3.05) is 41.0 Å². The van der Waals surface area contributed by atoms with E-state index in [9.17, 15) is 0 Å². The van der Waals surface area contributed by atoms with Gasteiger partial charge in [-0.1, -0.05) is 18.2 Å².